The lowest BCUT2D eigenvalue weighted by molar-refractivity contribution is 0.285. The summed E-state index contributed by atoms with van der Waals surface area (Å²) < 4.78 is 27.3. The van der Waals surface area contributed by atoms with Gasteiger partial charge in [-0.1, -0.05) is 13.0 Å². The van der Waals surface area contributed by atoms with Gasteiger partial charge in [0.2, 0.25) is 10.0 Å². The normalized spacial score (nSPS) is 11.8. The molecule has 0 aliphatic carbocycles. The molecule has 114 valence electrons. The van der Waals surface area contributed by atoms with Gasteiger partial charge in [0.1, 0.15) is 4.21 Å². The van der Waals surface area contributed by atoms with E-state index in [2.05, 4.69) is 9.71 Å². The Labute approximate surface area is 128 Å². The first-order valence-electron chi connectivity index (χ1n) is 6.60. The first-order chi connectivity index (χ1) is 9.97. The van der Waals surface area contributed by atoms with Crippen LogP contribution in [0.1, 0.15) is 28.6 Å². The van der Waals surface area contributed by atoms with Gasteiger partial charge in [0.05, 0.1) is 18.8 Å². The van der Waals surface area contributed by atoms with Gasteiger partial charge in [-0.25, -0.2) is 13.1 Å². The second-order valence-corrected chi connectivity index (χ2v) is 7.75. The van der Waals surface area contributed by atoms with Crippen molar-refractivity contribution in [1.29, 1.82) is 0 Å². The van der Waals surface area contributed by atoms with E-state index in [1.165, 1.54) is 0 Å². The molecule has 0 fully saturated rings. The van der Waals surface area contributed by atoms with Crippen molar-refractivity contribution in [2.24, 2.45) is 0 Å². The topological polar surface area (TPSA) is 79.3 Å². The lowest BCUT2D eigenvalue weighted by atomic mass is 10.1. The second kappa shape index (κ2) is 6.65. The largest absolute Gasteiger partial charge is 0.391 e. The van der Waals surface area contributed by atoms with E-state index in [0.29, 0.717) is 4.88 Å². The van der Waals surface area contributed by atoms with Crippen LogP contribution in [0.4, 0.5) is 0 Å². The van der Waals surface area contributed by atoms with Crippen LogP contribution in [0, 0.1) is 6.92 Å². The van der Waals surface area contributed by atoms with Gasteiger partial charge >= 0.3 is 0 Å². The summed E-state index contributed by atoms with van der Waals surface area (Å²) in [5.74, 6) is 0. The van der Waals surface area contributed by atoms with Crippen LogP contribution in [0.3, 0.4) is 0 Å². The molecule has 2 rings (SSSR count). The van der Waals surface area contributed by atoms with E-state index in [4.69, 9.17) is 5.11 Å². The zero-order chi connectivity index (χ0) is 15.5. The molecule has 2 aromatic rings. The minimum absolute atomic E-state index is 0.147. The number of thiophene rings is 1. The number of rotatable bonds is 6. The fourth-order valence-electron chi connectivity index (χ4n) is 1.96. The number of aliphatic hydroxyl groups excluding tert-OH is 1. The molecule has 5 nitrogen and oxygen atoms in total. The summed E-state index contributed by atoms with van der Waals surface area (Å²) in [7, 11) is -3.58. The van der Waals surface area contributed by atoms with Gasteiger partial charge in [-0.05, 0) is 36.6 Å². The highest BCUT2D eigenvalue weighted by Crippen LogP contribution is 2.26. The molecule has 0 aromatic carbocycles. The monoisotopic (exact) mass is 326 g/mol. The van der Waals surface area contributed by atoms with Gasteiger partial charge in [0.25, 0.3) is 0 Å². The van der Waals surface area contributed by atoms with Crippen molar-refractivity contribution in [3.8, 4) is 0 Å². The van der Waals surface area contributed by atoms with Gasteiger partial charge in [0, 0.05) is 11.1 Å². The molecule has 0 saturated carbocycles. The van der Waals surface area contributed by atoms with E-state index in [1.54, 1.807) is 19.2 Å². The Morgan fingerprint density at radius 3 is 2.81 bits per heavy atom. The lowest BCUT2D eigenvalue weighted by Crippen LogP contribution is -2.23. The third-order valence-electron chi connectivity index (χ3n) is 3.20. The zero-order valence-electron chi connectivity index (χ0n) is 12.0. The van der Waals surface area contributed by atoms with Crippen LogP contribution in [-0.4, -0.2) is 18.5 Å². The molecule has 0 aliphatic heterocycles. The van der Waals surface area contributed by atoms with Crippen molar-refractivity contribution in [1.82, 2.24) is 9.71 Å². The summed E-state index contributed by atoms with van der Waals surface area (Å²) in [5, 5.41) is 9.16. The van der Waals surface area contributed by atoms with Gasteiger partial charge in [-0.15, -0.1) is 11.3 Å². The Kier molecular flexibility index (Phi) is 5.10. The maximum atomic E-state index is 12.3. The average molecular weight is 326 g/mol. The molecule has 7 heteroatoms. The van der Waals surface area contributed by atoms with Crippen LogP contribution >= 0.6 is 11.3 Å². The molecule has 2 aromatic heterocycles. The van der Waals surface area contributed by atoms with Gasteiger partial charge in [0.15, 0.2) is 0 Å². The number of pyridine rings is 1. The quantitative estimate of drug-likeness (QED) is 0.851. The van der Waals surface area contributed by atoms with Crippen LogP contribution in [0.2, 0.25) is 0 Å². The van der Waals surface area contributed by atoms with Crippen molar-refractivity contribution in [2.45, 2.75) is 37.6 Å². The molecule has 0 spiro atoms. The zero-order valence-corrected chi connectivity index (χ0v) is 13.6. The Hall–Kier alpha value is -1.28. The Morgan fingerprint density at radius 1 is 1.43 bits per heavy atom. The number of hydrogen-bond acceptors (Lipinski definition) is 5. The summed E-state index contributed by atoms with van der Waals surface area (Å²) in [6, 6.07) is 5.36. The fourth-order valence-corrected chi connectivity index (χ4v) is 4.45. The van der Waals surface area contributed by atoms with Crippen LogP contribution in [-0.2, 0) is 29.6 Å². The minimum Gasteiger partial charge on any atom is -0.391 e. The number of sulfonamides is 1. The van der Waals surface area contributed by atoms with Crippen LogP contribution in [0.25, 0.3) is 0 Å². The molecule has 0 amide bonds. The summed E-state index contributed by atoms with van der Waals surface area (Å²) in [6.07, 6.45) is 2.46. The molecule has 0 saturated heterocycles. The summed E-state index contributed by atoms with van der Waals surface area (Å²) in [5.41, 5.74) is 2.55. The van der Waals surface area contributed by atoms with E-state index in [9.17, 15) is 8.42 Å². The molecule has 2 heterocycles. The molecule has 0 aliphatic rings. The standard InChI is InChI=1S/C14H18N2O3S2/c1-3-11-5-4-6-15-12(11)8-16-21(18,19)14-7-10(2)13(9-17)20-14/h4-7,16-17H,3,8-9H2,1-2H3. The average Bonchev–Trinajstić information content (AvgIpc) is 2.87. The van der Waals surface area contributed by atoms with Crippen LogP contribution < -0.4 is 4.72 Å². The number of hydrogen-bond donors (Lipinski definition) is 2. The van der Waals surface area contributed by atoms with Crippen molar-refractivity contribution < 1.29 is 13.5 Å². The van der Waals surface area contributed by atoms with Crippen molar-refractivity contribution in [3.05, 3.63) is 46.1 Å². The van der Waals surface area contributed by atoms with E-state index >= 15 is 0 Å². The Balaban J connectivity index is 2.17. The van der Waals surface area contributed by atoms with Crippen LogP contribution in [0.15, 0.2) is 28.6 Å². The summed E-state index contributed by atoms with van der Waals surface area (Å²) in [4.78, 5) is 4.89. The SMILES string of the molecule is CCc1cccnc1CNS(=O)(=O)c1cc(C)c(CO)s1. The second-order valence-electron chi connectivity index (χ2n) is 4.62. The molecule has 21 heavy (non-hydrogen) atoms. The number of aryl methyl sites for hydroxylation is 2. The van der Waals surface area contributed by atoms with Crippen molar-refractivity contribution in [2.75, 3.05) is 0 Å². The predicted octanol–water partition coefficient (Wildman–Crippen LogP) is 1.98. The summed E-state index contributed by atoms with van der Waals surface area (Å²) in [6.45, 7) is 3.81. The van der Waals surface area contributed by atoms with Gasteiger partial charge in [-0.3, -0.25) is 4.98 Å². The Bertz CT molecular complexity index is 724. The van der Waals surface area contributed by atoms with Crippen molar-refractivity contribution >= 4 is 21.4 Å². The van der Waals surface area contributed by atoms with Crippen molar-refractivity contribution in [3.63, 3.8) is 0 Å². The van der Waals surface area contributed by atoms with E-state index < -0.39 is 10.0 Å². The van der Waals surface area contributed by atoms with Gasteiger partial charge < -0.3 is 5.11 Å². The Morgan fingerprint density at radius 2 is 2.19 bits per heavy atom. The molecule has 0 atom stereocenters. The van der Waals surface area contributed by atoms with Crippen LogP contribution in [0.5, 0.6) is 0 Å². The lowest BCUT2D eigenvalue weighted by Gasteiger charge is -2.07. The third kappa shape index (κ3) is 3.68. The number of nitrogens with zero attached hydrogens (tertiary/aromatic N) is 1. The molecule has 0 bridgehead atoms. The molecular formula is C14H18N2O3S2. The summed E-state index contributed by atoms with van der Waals surface area (Å²) >= 11 is 1.09. The first kappa shape index (κ1) is 16.1. The smallest absolute Gasteiger partial charge is 0.250 e. The molecular weight excluding hydrogens is 308 g/mol. The van der Waals surface area contributed by atoms with E-state index in [1.807, 2.05) is 19.1 Å². The molecule has 0 unspecified atom stereocenters. The predicted molar refractivity (Wildman–Crippen MR) is 82.6 cm³/mol. The molecule has 2 N–H and O–H groups in total. The number of aromatic nitrogens is 1. The number of nitrogens with one attached hydrogen (secondary N) is 1. The maximum absolute atomic E-state index is 12.3. The van der Waals surface area contributed by atoms with E-state index in [-0.39, 0.29) is 17.4 Å². The van der Waals surface area contributed by atoms with Gasteiger partial charge in [-0.2, -0.15) is 0 Å². The number of aliphatic hydroxyl groups is 1. The highest BCUT2D eigenvalue weighted by atomic mass is 32.2. The van der Waals surface area contributed by atoms with E-state index in [0.717, 1.165) is 34.6 Å². The fraction of sp³-hybridized carbons (Fsp3) is 0.357. The minimum atomic E-state index is -3.58. The highest BCUT2D eigenvalue weighted by molar-refractivity contribution is 7.91. The third-order valence-corrected chi connectivity index (χ3v) is 6.30. The molecule has 0 radical (unpaired) electrons. The highest BCUT2D eigenvalue weighted by Gasteiger charge is 2.19. The maximum Gasteiger partial charge on any atom is 0.250 e. The first-order valence-corrected chi connectivity index (χ1v) is 8.90.